The minimum absolute atomic E-state index is 0.234. The molecule has 24 heavy (non-hydrogen) atoms. The van der Waals surface area contributed by atoms with Crippen molar-refractivity contribution in [1.29, 1.82) is 0 Å². The van der Waals surface area contributed by atoms with E-state index in [0.717, 1.165) is 42.8 Å². The van der Waals surface area contributed by atoms with Gasteiger partial charge in [0.2, 0.25) is 0 Å². The monoisotopic (exact) mass is 329 g/mol. The molecule has 0 spiro atoms. The molecule has 0 radical (unpaired) electrons. The molecule has 3 rings (SSSR count). The number of benzene rings is 1. The maximum absolute atomic E-state index is 11.3. The van der Waals surface area contributed by atoms with Gasteiger partial charge in [-0.15, -0.1) is 0 Å². The Labute approximate surface area is 143 Å². The summed E-state index contributed by atoms with van der Waals surface area (Å²) in [6.45, 7) is 6.38. The number of imidazole rings is 1. The zero-order valence-corrected chi connectivity index (χ0v) is 14.8. The number of hydrogen-bond acceptors (Lipinski definition) is 3. The molecule has 0 saturated carbocycles. The maximum Gasteiger partial charge on any atom is 0.303 e. The van der Waals surface area contributed by atoms with Crippen molar-refractivity contribution in [3.05, 3.63) is 30.1 Å². The summed E-state index contributed by atoms with van der Waals surface area (Å²) in [6.07, 6.45) is 2.06. The number of rotatable bonds is 5. The predicted molar refractivity (Wildman–Crippen MR) is 95.0 cm³/mol. The van der Waals surface area contributed by atoms with Crippen molar-refractivity contribution >= 4 is 17.0 Å². The van der Waals surface area contributed by atoms with Gasteiger partial charge in [-0.3, -0.25) is 4.79 Å². The van der Waals surface area contributed by atoms with E-state index in [1.54, 1.807) is 0 Å². The first-order valence-electron chi connectivity index (χ1n) is 8.82. The normalized spacial score (nSPS) is 22.3. The lowest BCUT2D eigenvalue weighted by molar-refractivity contribution is -0.139. The summed E-state index contributed by atoms with van der Waals surface area (Å²) in [5.41, 5.74) is 2.15. The van der Waals surface area contributed by atoms with Crippen LogP contribution in [0.3, 0.4) is 0 Å². The SMILES string of the molecule is CC(C)N1CC[C@@H](CC(=O)O)[C@@H](Cc2nc3ccccc3n2C)C1. The highest BCUT2D eigenvalue weighted by Crippen LogP contribution is 2.31. The number of carboxylic acid groups (broad SMARTS) is 1. The van der Waals surface area contributed by atoms with Crippen LogP contribution >= 0.6 is 0 Å². The first kappa shape index (κ1) is 17.0. The standard InChI is InChI=1S/C19H27N3O2/c1-13(2)22-9-8-14(11-19(23)24)15(12-22)10-18-20-16-6-4-5-7-17(16)21(18)3/h4-7,13-15H,8-12H2,1-3H3,(H,23,24)/t14-,15-/m0/s1. The van der Waals surface area contributed by atoms with Gasteiger partial charge in [0, 0.05) is 32.5 Å². The van der Waals surface area contributed by atoms with Crippen molar-refractivity contribution in [2.45, 2.75) is 39.2 Å². The molecule has 1 aliphatic heterocycles. The maximum atomic E-state index is 11.3. The molecule has 1 aliphatic rings. The first-order chi connectivity index (χ1) is 11.5. The van der Waals surface area contributed by atoms with E-state index in [2.05, 4.69) is 36.4 Å². The Hall–Kier alpha value is -1.88. The van der Waals surface area contributed by atoms with Crippen LogP contribution in [0.25, 0.3) is 11.0 Å². The highest BCUT2D eigenvalue weighted by Gasteiger charge is 2.32. The molecule has 0 unspecified atom stereocenters. The third-order valence-corrected chi connectivity index (χ3v) is 5.41. The van der Waals surface area contributed by atoms with Crippen LogP contribution in [-0.4, -0.2) is 44.7 Å². The second-order valence-corrected chi connectivity index (χ2v) is 7.28. The second-order valence-electron chi connectivity index (χ2n) is 7.28. The molecule has 2 atom stereocenters. The van der Waals surface area contributed by atoms with Crippen molar-refractivity contribution in [1.82, 2.24) is 14.5 Å². The summed E-state index contributed by atoms with van der Waals surface area (Å²) in [7, 11) is 2.06. The van der Waals surface area contributed by atoms with Crippen LogP contribution in [0.2, 0.25) is 0 Å². The largest absolute Gasteiger partial charge is 0.481 e. The zero-order valence-electron chi connectivity index (χ0n) is 14.8. The molecule has 1 aromatic heterocycles. The second kappa shape index (κ2) is 6.93. The fourth-order valence-corrected chi connectivity index (χ4v) is 3.91. The minimum atomic E-state index is -0.687. The molecule has 130 valence electrons. The minimum Gasteiger partial charge on any atom is -0.481 e. The molecule has 0 aliphatic carbocycles. The summed E-state index contributed by atoms with van der Waals surface area (Å²) in [5.74, 6) is 0.945. The Morgan fingerprint density at radius 3 is 2.75 bits per heavy atom. The molecule has 1 N–H and O–H groups in total. The van der Waals surface area contributed by atoms with E-state index in [-0.39, 0.29) is 12.3 Å². The molecule has 2 heterocycles. The van der Waals surface area contributed by atoms with Crippen LogP contribution in [0.5, 0.6) is 0 Å². The first-order valence-corrected chi connectivity index (χ1v) is 8.82. The smallest absolute Gasteiger partial charge is 0.303 e. The number of carboxylic acids is 1. The molecule has 0 bridgehead atoms. The van der Waals surface area contributed by atoms with Gasteiger partial charge in [0.05, 0.1) is 11.0 Å². The molecule has 5 nitrogen and oxygen atoms in total. The highest BCUT2D eigenvalue weighted by atomic mass is 16.4. The van der Waals surface area contributed by atoms with Crippen molar-refractivity contribution < 1.29 is 9.90 Å². The van der Waals surface area contributed by atoms with E-state index in [0.29, 0.717) is 12.0 Å². The van der Waals surface area contributed by atoms with Gasteiger partial charge in [-0.1, -0.05) is 12.1 Å². The number of hydrogen-bond donors (Lipinski definition) is 1. The van der Waals surface area contributed by atoms with Gasteiger partial charge in [0.1, 0.15) is 5.82 Å². The van der Waals surface area contributed by atoms with Crippen LogP contribution in [0, 0.1) is 11.8 Å². The Balaban J connectivity index is 1.84. The van der Waals surface area contributed by atoms with Gasteiger partial charge in [0.15, 0.2) is 0 Å². The van der Waals surface area contributed by atoms with E-state index in [1.807, 2.05) is 18.2 Å². The van der Waals surface area contributed by atoms with Gasteiger partial charge in [0.25, 0.3) is 0 Å². The average Bonchev–Trinajstić information content (AvgIpc) is 2.85. The van der Waals surface area contributed by atoms with E-state index in [4.69, 9.17) is 4.98 Å². The number of para-hydroxylation sites is 2. The summed E-state index contributed by atoms with van der Waals surface area (Å²) in [4.78, 5) is 18.5. The summed E-state index contributed by atoms with van der Waals surface area (Å²) in [6, 6.07) is 8.66. The third kappa shape index (κ3) is 3.46. The lowest BCUT2D eigenvalue weighted by Crippen LogP contribution is -2.45. The van der Waals surface area contributed by atoms with Crippen molar-refractivity contribution in [3.8, 4) is 0 Å². The number of piperidine rings is 1. The van der Waals surface area contributed by atoms with Crippen LogP contribution in [0.15, 0.2) is 24.3 Å². The van der Waals surface area contributed by atoms with Crippen LogP contribution in [0.1, 0.15) is 32.5 Å². The summed E-state index contributed by atoms with van der Waals surface area (Å²) >= 11 is 0. The number of nitrogens with zero attached hydrogens (tertiary/aromatic N) is 3. The molecule has 2 aromatic rings. The van der Waals surface area contributed by atoms with E-state index < -0.39 is 5.97 Å². The van der Waals surface area contributed by atoms with E-state index in [1.165, 1.54) is 0 Å². The van der Waals surface area contributed by atoms with Gasteiger partial charge in [-0.05, 0) is 50.8 Å². The third-order valence-electron chi connectivity index (χ3n) is 5.41. The fourth-order valence-electron chi connectivity index (χ4n) is 3.91. The predicted octanol–water partition coefficient (Wildman–Crippen LogP) is 2.94. The van der Waals surface area contributed by atoms with Crippen molar-refractivity contribution in [2.75, 3.05) is 13.1 Å². The molecule has 5 heteroatoms. The summed E-state index contributed by atoms with van der Waals surface area (Å²) in [5, 5.41) is 9.26. The number of aliphatic carboxylic acids is 1. The van der Waals surface area contributed by atoms with Gasteiger partial charge >= 0.3 is 5.97 Å². The molecule has 1 fully saturated rings. The van der Waals surface area contributed by atoms with Crippen molar-refractivity contribution in [3.63, 3.8) is 0 Å². The summed E-state index contributed by atoms with van der Waals surface area (Å²) < 4.78 is 2.15. The molecule has 1 aromatic carbocycles. The van der Waals surface area contributed by atoms with Gasteiger partial charge < -0.3 is 14.6 Å². The van der Waals surface area contributed by atoms with Crippen LogP contribution < -0.4 is 0 Å². The topological polar surface area (TPSA) is 58.4 Å². The Morgan fingerprint density at radius 2 is 2.08 bits per heavy atom. The molecular weight excluding hydrogens is 302 g/mol. The number of fused-ring (bicyclic) bond motifs is 1. The lowest BCUT2D eigenvalue weighted by Gasteiger charge is -2.40. The Bertz CT molecular complexity index is 722. The highest BCUT2D eigenvalue weighted by molar-refractivity contribution is 5.75. The fraction of sp³-hybridized carbons (Fsp3) is 0.579. The number of aryl methyl sites for hydroxylation is 1. The molecular formula is C19H27N3O2. The van der Waals surface area contributed by atoms with E-state index >= 15 is 0 Å². The quantitative estimate of drug-likeness (QED) is 0.916. The number of aromatic nitrogens is 2. The molecule has 0 amide bonds. The van der Waals surface area contributed by atoms with Crippen molar-refractivity contribution in [2.24, 2.45) is 18.9 Å². The number of likely N-dealkylation sites (tertiary alicyclic amines) is 1. The Kier molecular flexibility index (Phi) is 4.90. The zero-order chi connectivity index (χ0) is 17.3. The van der Waals surface area contributed by atoms with Gasteiger partial charge in [-0.2, -0.15) is 0 Å². The lowest BCUT2D eigenvalue weighted by atomic mass is 9.80. The van der Waals surface area contributed by atoms with Crippen LogP contribution in [-0.2, 0) is 18.3 Å². The van der Waals surface area contributed by atoms with E-state index in [9.17, 15) is 9.90 Å². The Morgan fingerprint density at radius 1 is 1.33 bits per heavy atom. The van der Waals surface area contributed by atoms with Crippen LogP contribution in [0.4, 0.5) is 0 Å². The van der Waals surface area contributed by atoms with Gasteiger partial charge in [-0.25, -0.2) is 4.98 Å². The average molecular weight is 329 g/mol. The molecule has 1 saturated heterocycles. The number of carbonyl (C=O) groups is 1.